The Kier molecular flexibility index (Phi) is 4.72. The predicted molar refractivity (Wildman–Crippen MR) is 92.3 cm³/mol. The highest BCUT2D eigenvalue weighted by molar-refractivity contribution is 7.88. The number of amides is 2. The van der Waals surface area contributed by atoms with Crippen LogP contribution in [0, 0.1) is 5.92 Å². The normalized spacial score (nSPS) is 19.3. The number of aromatic amines is 1. The zero-order chi connectivity index (χ0) is 17.2. The van der Waals surface area contributed by atoms with Gasteiger partial charge in [-0.1, -0.05) is 0 Å². The summed E-state index contributed by atoms with van der Waals surface area (Å²) >= 11 is 0. The third-order valence-electron chi connectivity index (χ3n) is 4.20. The van der Waals surface area contributed by atoms with Gasteiger partial charge < -0.3 is 10.6 Å². The molecule has 24 heavy (non-hydrogen) atoms. The Labute approximate surface area is 140 Å². The molecule has 1 unspecified atom stereocenters. The first-order chi connectivity index (χ1) is 11.4. The van der Waals surface area contributed by atoms with Crippen LogP contribution in [0.2, 0.25) is 0 Å². The van der Waals surface area contributed by atoms with Gasteiger partial charge >= 0.3 is 6.03 Å². The van der Waals surface area contributed by atoms with Crippen molar-refractivity contribution in [3.8, 4) is 0 Å². The standard InChI is InChI=1S/C15H21N5O3S/c1-24(22,23)20-6-2-3-11(10-20)8-16-15(21)18-13-5-4-12-9-17-19-14(12)7-13/h4-5,7,9,11H,2-3,6,8,10H2,1H3,(H,17,19)(H2,16,18,21). The molecule has 3 N–H and O–H groups in total. The Hall–Kier alpha value is -2.13. The van der Waals surface area contributed by atoms with Gasteiger partial charge in [-0.3, -0.25) is 5.10 Å². The molecule has 1 aromatic carbocycles. The number of nitrogens with zero attached hydrogens (tertiary/aromatic N) is 2. The van der Waals surface area contributed by atoms with E-state index in [1.54, 1.807) is 6.20 Å². The highest BCUT2D eigenvalue weighted by atomic mass is 32.2. The highest BCUT2D eigenvalue weighted by Crippen LogP contribution is 2.18. The van der Waals surface area contributed by atoms with E-state index in [1.807, 2.05) is 18.2 Å². The van der Waals surface area contributed by atoms with Crippen molar-refractivity contribution in [2.24, 2.45) is 5.92 Å². The van der Waals surface area contributed by atoms with Gasteiger partial charge in [0.1, 0.15) is 0 Å². The Morgan fingerprint density at radius 1 is 1.46 bits per heavy atom. The lowest BCUT2D eigenvalue weighted by molar-refractivity contribution is 0.239. The van der Waals surface area contributed by atoms with E-state index in [-0.39, 0.29) is 11.9 Å². The SMILES string of the molecule is CS(=O)(=O)N1CCCC(CNC(=O)Nc2ccc3cn[nH]c3c2)C1. The van der Waals surface area contributed by atoms with E-state index in [2.05, 4.69) is 20.8 Å². The number of urea groups is 1. The van der Waals surface area contributed by atoms with Crippen LogP contribution in [-0.4, -0.2) is 54.8 Å². The summed E-state index contributed by atoms with van der Waals surface area (Å²) in [5, 5.41) is 13.4. The molecule has 130 valence electrons. The monoisotopic (exact) mass is 351 g/mol. The van der Waals surface area contributed by atoms with E-state index in [1.165, 1.54) is 10.6 Å². The number of nitrogens with one attached hydrogen (secondary N) is 3. The minimum absolute atomic E-state index is 0.134. The van der Waals surface area contributed by atoms with E-state index < -0.39 is 10.0 Å². The van der Waals surface area contributed by atoms with Crippen LogP contribution in [0.15, 0.2) is 24.4 Å². The maximum absolute atomic E-state index is 12.0. The second-order valence-electron chi connectivity index (χ2n) is 6.14. The summed E-state index contributed by atoms with van der Waals surface area (Å²) in [4.78, 5) is 12.0. The Morgan fingerprint density at radius 2 is 2.29 bits per heavy atom. The molecule has 1 fully saturated rings. The van der Waals surface area contributed by atoms with Gasteiger partial charge in [0.05, 0.1) is 18.0 Å². The number of piperidine rings is 1. The van der Waals surface area contributed by atoms with Crippen molar-refractivity contribution in [2.75, 3.05) is 31.2 Å². The third-order valence-corrected chi connectivity index (χ3v) is 5.47. The van der Waals surface area contributed by atoms with Crippen LogP contribution in [0.3, 0.4) is 0 Å². The zero-order valence-electron chi connectivity index (χ0n) is 13.4. The minimum atomic E-state index is -3.17. The first kappa shape index (κ1) is 16.7. The van der Waals surface area contributed by atoms with E-state index in [0.29, 0.717) is 25.3 Å². The number of carbonyl (C=O) groups is 1. The summed E-state index contributed by atoms with van der Waals surface area (Å²) in [5.74, 6) is 0.134. The quantitative estimate of drug-likeness (QED) is 0.773. The molecule has 0 saturated carbocycles. The summed E-state index contributed by atoms with van der Waals surface area (Å²) in [6.45, 7) is 1.47. The van der Waals surface area contributed by atoms with Crippen LogP contribution < -0.4 is 10.6 Å². The largest absolute Gasteiger partial charge is 0.338 e. The number of benzene rings is 1. The average molecular weight is 351 g/mol. The number of anilines is 1. The van der Waals surface area contributed by atoms with Gasteiger partial charge in [0, 0.05) is 30.7 Å². The average Bonchev–Trinajstić information content (AvgIpc) is 3.00. The van der Waals surface area contributed by atoms with E-state index >= 15 is 0 Å². The van der Waals surface area contributed by atoms with Gasteiger partial charge in [0.15, 0.2) is 0 Å². The number of H-pyrrole nitrogens is 1. The van der Waals surface area contributed by atoms with Crippen LogP contribution in [0.25, 0.3) is 10.9 Å². The molecular weight excluding hydrogens is 330 g/mol. The third kappa shape index (κ3) is 4.04. The maximum atomic E-state index is 12.0. The fourth-order valence-electron chi connectivity index (χ4n) is 2.92. The first-order valence-electron chi connectivity index (χ1n) is 7.85. The Morgan fingerprint density at radius 3 is 3.08 bits per heavy atom. The molecule has 1 saturated heterocycles. The molecule has 0 bridgehead atoms. The molecule has 0 radical (unpaired) electrons. The molecule has 2 heterocycles. The number of aromatic nitrogens is 2. The second kappa shape index (κ2) is 6.78. The molecule has 1 aliphatic rings. The zero-order valence-corrected chi connectivity index (χ0v) is 14.3. The van der Waals surface area contributed by atoms with Crippen LogP contribution in [0.5, 0.6) is 0 Å². The summed E-state index contributed by atoms with van der Waals surface area (Å²) in [6, 6.07) is 5.20. The predicted octanol–water partition coefficient (Wildman–Crippen LogP) is 1.36. The number of rotatable bonds is 4. The van der Waals surface area contributed by atoms with Gasteiger partial charge in [-0.2, -0.15) is 5.10 Å². The fourth-order valence-corrected chi connectivity index (χ4v) is 3.86. The van der Waals surface area contributed by atoms with Crippen molar-refractivity contribution in [1.82, 2.24) is 19.8 Å². The molecule has 9 heteroatoms. The van der Waals surface area contributed by atoms with Crippen LogP contribution in [0.1, 0.15) is 12.8 Å². The number of carbonyl (C=O) groups excluding carboxylic acids is 1. The fraction of sp³-hybridized carbons (Fsp3) is 0.467. The van der Waals surface area contributed by atoms with Crippen LogP contribution >= 0.6 is 0 Å². The lowest BCUT2D eigenvalue weighted by atomic mass is 10.00. The molecule has 0 aliphatic carbocycles. The van der Waals surface area contributed by atoms with E-state index in [4.69, 9.17) is 0 Å². The summed E-state index contributed by atoms with van der Waals surface area (Å²) in [7, 11) is -3.17. The molecule has 1 atom stereocenters. The molecule has 1 aliphatic heterocycles. The molecule has 3 rings (SSSR count). The number of hydrogen-bond donors (Lipinski definition) is 3. The maximum Gasteiger partial charge on any atom is 0.319 e. The summed E-state index contributed by atoms with van der Waals surface area (Å²) in [6.07, 6.45) is 4.67. The van der Waals surface area contributed by atoms with Gasteiger partial charge in [0.25, 0.3) is 0 Å². The summed E-state index contributed by atoms with van der Waals surface area (Å²) in [5.41, 5.74) is 1.52. The minimum Gasteiger partial charge on any atom is -0.338 e. The van der Waals surface area contributed by atoms with Crippen molar-refractivity contribution < 1.29 is 13.2 Å². The number of sulfonamides is 1. The first-order valence-corrected chi connectivity index (χ1v) is 9.70. The van der Waals surface area contributed by atoms with Crippen molar-refractivity contribution in [3.63, 3.8) is 0 Å². The van der Waals surface area contributed by atoms with Gasteiger partial charge in [-0.15, -0.1) is 0 Å². The van der Waals surface area contributed by atoms with Crippen molar-refractivity contribution in [2.45, 2.75) is 12.8 Å². The lowest BCUT2D eigenvalue weighted by Crippen LogP contribution is -2.43. The molecular formula is C15H21N5O3S. The Balaban J connectivity index is 1.51. The van der Waals surface area contributed by atoms with Crippen molar-refractivity contribution in [1.29, 1.82) is 0 Å². The molecule has 2 aromatic rings. The molecule has 8 nitrogen and oxygen atoms in total. The van der Waals surface area contributed by atoms with Crippen molar-refractivity contribution >= 4 is 32.6 Å². The van der Waals surface area contributed by atoms with Gasteiger partial charge in [0.2, 0.25) is 10.0 Å². The Bertz CT molecular complexity index is 833. The van der Waals surface area contributed by atoms with Crippen molar-refractivity contribution in [3.05, 3.63) is 24.4 Å². The van der Waals surface area contributed by atoms with E-state index in [9.17, 15) is 13.2 Å². The second-order valence-corrected chi connectivity index (χ2v) is 8.12. The summed E-state index contributed by atoms with van der Waals surface area (Å²) < 4.78 is 24.7. The molecule has 1 aromatic heterocycles. The highest BCUT2D eigenvalue weighted by Gasteiger charge is 2.25. The number of hydrogen-bond acceptors (Lipinski definition) is 4. The van der Waals surface area contributed by atoms with E-state index in [0.717, 1.165) is 23.7 Å². The number of fused-ring (bicyclic) bond motifs is 1. The topological polar surface area (TPSA) is 107 Å². The lowest BCUT2D eigenvalue weighted by Gasteiger charge is -2.30. The van der Waals surface area contributed by atoms with Gasteiger partial charge in [-0.05, 0) is 37.0 Å². The van der Waals surface area contributed by atoms with Crippen LogP contribution in [0.4, 0.5) is 10.5 Å². The van der Waals surface area contributed by atoms with Crippen LogP contribution in [-0.2, 0) is 10.0 Å². The smallest absolute Gasteiger partial charge is 0.319 e. The van der Waals surface area contributed by atoms with Gasteiger partial charge in [-0.25, -0.2) is 17.5 Å². The molecule has 2 amide bonds. The molecule has 0 spiro atoms.